The molecule has 2 heterocycles. The molecule has 1 unspecified atom stereocenters. The SMILES string of the molecule is CC(C)(C)OC(=O)N1c2cncc(-c3cccc(F)c3)c2CC1B(O)O. The van der Waals surface area contributed by atoms with E-state index in [-0.39, 0.29) is 12.2 Å². The summed E-state index contributed by atoms with van der Waals surface area (Å²) in [5.74, 6) is -1.29. The lowest BCUT2D eigenvalue weighted by atomic mass is 9.77. The first-order chi connectivity index (χ1) is 12.2. The lowest BCUT2D eigenvalue weighted by Gasteiger charge is -2.28. The lowest BCUT2D eigenvalue weighted by molar-refractivity contribution is 0.0574. The summed E-state index contributed by atoms with van der Waals surface area (Å²) in [7, 11) is -1.75. The van der Waals surface area contributed by atoms with Crippen LogP contribution in [0.3, 0.4) is 0 Å². The lowest BCUT2D eigenvalue weighted by Crippen LogP contribution is -2.49. The van der Waals surface area contributed by atoms with Gasteiger partial charge in [-0.25, -0.2) is 9.18 Å². The van der Waals surface area contributed by atoms with E-state index in [4.69, 9.17) is 4.74 Å². The molecule has 1 aliphatic heterocycles. The van der Waals surface area contributed by atoms with Crippen molar-refractivity contribution in [3.8, 4) is 11.1 Å². The van der Waals surface area contributed by atoms with Crippen LogP contribution in [-0.2, 0) is 11.2 Å². The van der Waals surface area contributed by atoms with Gasteiger partial charge in [0.1, 0.15) is 11.4 Å². The average molecular weight is 358 g/mol. The molecule has 0 radical (unpaired) electrons. The van der Waals surface area contributed by atoms with Crippen LogP contribution in [0.25, 0.3) is 11.1 Å². The minimum Gasteiger partial charge on any atom is -0.443 e. The van der Waals surface area contributed by atoms with Crippen molar-refractivity contribution in [2.45, 2.75) is 38.7 Å². The molecule has 1 atom stereocenters. The highest BCUT2D eigenvalue weighted by atomic mass is 19.1. The Morgan fingerprint density at radius 3 is 2.69 bits per heavy atom. The van der Waals surface area contributed by atoms with E-state index in [2.05, 4.69) is 4.98 Å². The number of benzene rings is 1. The molecular formula is C18H20BFN2O4. The number of pyridine rings is 1. The first-order valence-electron chi connectivity index (χ1n) is 8.28. The second-order valence-corrected chi connectivity index (χ2v) is 7.23. The summed E-state index contributed by atoms with van der Waals surface area (Å²) in [5.41, 5.74) is 1.62. The number of rotatable bonds is 2. The van der Waals surface area contributed by atoms with Crippen LogP contribution in [0.4, 0.5) is 14.9 Å². The standard InChI is InChI=1S/C18H20BFN2O4/c1-18(2,3)26-17(23)22-15-10-21-9-14(11-5-4-6-12(20)7-11)13(15)8-16(22)19(24)25/h4-7,9-10,16,24-25H,8H2,1-3H3. The first-order valence-corrected chi connectivity index (χ1v) is 8.28. The number of halogens is 1. The van der Waals surface area contributed by atoms with Crippen LogP contribution in [0, 0.1) is 5.82 Å². The monoisotopic (exact) mass is 358 g/mol. The maximum atomic E-state index is 13.6. The van der Waals surface area contributed by atoms with E-state index < -0.39 is 24.8 Å². The van der Waals surface area contributed by atoms with Gasteiger partial charge in [0.15, 0.2) is 0 Å². The van der Waals surface area contributed by atoms with Crippen molar-refractivity contribution >= 4 is 18.9 Å². The Labute approximate surface area is 151 Å². The smallest absolute Gasteiger partial charge is 0.443 e. The second kappa shape index (κ2) is 6.70. The maximum Gasteiger partial charge on any atom is 0.476 e. The van der Waals surface area contributed by atoms with Crippen molar-refractivity contribution in [1.29, 1.82) is 0 Å². The van der Waals surface area contributed by atoms with Crippen molar-refractivity contribution in [1.82, 2.24) is 4.98 Å². The van der Waals surface area contributed by atoms with Crippen LogP contribution in [0.2, 0.25) is 0 Å². The van der Waals surface area contributed by atoms with Crippen molar-refractivity contribution in [2.75, 3.05) is 4.90 Å². The fraction of sp³-hybridized carbons (Fsp3) is 0.333. The third-order valence-electron chi connectivity index (χ3n) is 4.11. The summed E-state index contributed by atoms with van der Waals surface area (Å²) in [6.45, 7) is 5.19. The zero-order chi connectivity index (χ0) is 19.1. The number of aromatic nitrogens is 1. The van der Waals surface area contributed by atoms with Gasteiger partial charge in [-0.3, -0.25) is 9.88 Å². The number of fused-ring (bicyclic) bond motifs is 1. The van der Waals surface area contributed by atoms with Gasteiger partial charge in [0.2, 0.25) is 0 Å². The Morgan fingerprint density at radius 1 is 1.35 bits per heavy atom. The number of hydrogen-bond acceptors (Lipinski definition) is 5. The summed E-state index contributed by atoms with van der Waals surface area (Å²) in [6.07, 6.45) is 2.56. The molecule has 26 heavy (non-hydrogen) atoms. The van der Waals surface area contributed by atoms with Crippen LogP contribution < -0.4 is 4.90 Å². The Hall–Kier alpha value is -2.45. The van der Waals surface area contributed by atoms with Gasteiger partial charge in [-0.05, 0) is 50.5 Å². The molecule has 0 aliphatic carbocycles. The maximum absolute atomic E-state index is 13.6. The minimum absolute atomic E-state index is 0.195. The molecule has 1 amide bonds. The quantitative estimate of drug-likeness (QED) is 0.807. The number of carbonyl (C=O) groups is 1. The number of nitrogens with zero attached hydrogens (tertiary/aromatic N) is 2. The Balaban J connectivity index is 2.07. The van der Waals surface area contributed by atoms with Gasteiger partial charge in [-0.2, -0.15) is 0 Å². The molecule has 8 heteroatoms. The molecule has 0 bridgehead atoms. The van der Waals surface area contributed by atoms with E-state index in [1.165, 1.54) is 23.2 Å². The van der Waals surface area contributed by atoms with Gasteiger partial charge in [-0.15, -0.1) is 0 Å². The fourth-order valence-electron chi connectivity index (χ4n) is 3.07. The van der Waals surface area contributed by atoms with Crippen molar-refractivity contribution < 1.29 is 24.0 Å². The molecule has 0 saturated carbocycles. The second-order valence-electron chi connectivity index (χ2n) is 7.23. The zero-order valence-corrected chi connectivity index (χ0v) is 14.8. The highest BCUT2D eigenvalue weighted by Crippen LogP contribution is 2.39. The Kier molecular flexibility index (Phi) is 4.73. The molecule has 0 saturated heterocycles. The van der Waals surface area contributed by atoms with Crippen LogP contribution >= 0.6 is 0 Å². The van der Waals surface area contributed by atoms with E-state index in [9.17, 15) is 19.2 Å². The van der Waals surface area contributed by atoms with Gasteiger partial charge in [-0.1, -0.05) is 12.1 Å². The molecule has 0 fully saturated rings. The molecule has 2 aromatic rings. The van der Waals surface area contributed by atoms with Crippen LogP contribution in [-0.4, -0.2) is 39.8 Å². The van der Waals surface area contributed by atoms with Gasteiger partial charge in [0.05, 0.1) is 17.8 Å². The Morgan fingerprint density at radius 2 is 2.08 bits per heavy atom. The van der Waals surface area contributed by atoms with Crippen molar-refractivity contribution in [3.05, 3.63) is 48.0 Å². The molecule has 3 rings (SSSR count). The predicted molar refractivity (Wildman–Crippen MR) is 96.0 cm³/mol. The highest BCUT2D eigenvalue weighted by Gasteiger charge is 2.43. The number of anilines is 1. The summed E-state index contributed by atoms with van der Waals surface area (Å²) in [6, 6.07) is 6.04. The first kappa shape index (κ1) is 18.3. The molecule has 1 aliphatic rings. The topological polar surface area (TPSA) is 82.9 Å². The normalized spacial score (nSPS) is 16.4. The third-order valence-corrected chi connectivity index (χ3v) is 4.11. The Bertz CT molecular complexity index is 838. The third kappa shape index (κ3) is 3.56. The van der Waals surface area contributed by atoms with E-state index in [1.807, 2.05) is 0 Å². The minimum atomic E-state index is -1.75. The summed E-state index contributed by atoms with van der Waals surface area (Å²) >= 11 is 0. The van der Waals surface area contributed by atoms with Gasteiger partial charge < -0.3 is 14.8 Å². The van der Waals surface area contributed by atoms with Crippen molar-refractivity contribution in [3.63, 3.8) is 0 Å². The largest absolute Gasteiger partial charge is 0.476 e. The predicted octanol–water partition coefficient (Wildman–Crippen LogP) is 2.57. The molecule has 1 aromatic heterocycles. The molecule has 2 N–H and O–H groups in total. The fourth-order valence-corrected chi connectivity index (χ4v) is 3.07. The molecule has 1 aromatic carbocycles. The van der Waals surface area contributed by atoms with E-state index in [0.29, 0.717) is 22.4 Å². The van der Waals surface area contributed by atoms with Gasteiger partial charge >= 0.3 is 13.2 Å². The van der Waals surface area contributed by atoms with Crippen LogP contribution in [0.15, 0.2) is 36.7 Å². The molecule has 6 nitrogen and oxygen atoms in total. The van der Waals surface area contributed by atoms with E-state index >= 15 is 0 Å². The summed E-state index contributed by atoms with van der Waals surface area (Å²) < 4.78 is 19.0. The summed E-state index contributed by atoms with van der Waals surface area (Å²) in [4.78, 5) is 18.0. The van der Waals surface area contributed by atoms with Crippen molar-refractivity contribution in [2.24, 2.45) is 0 Å². The summed E-state index contributed by atoms with van der Waals surface area (Å²) in [5, 5.41) is 19.5. The molecule has 0 spiro atoms. The molecular weight excluding hydrogens is 338 g/mol. The number of hydrogen-bond donors (Lipinski definition) is 2. The molecule has 136 valence electrons. The number of carbonyl (C=O) groups excluding carboxylic acids is 1. The number of ether oxygens (including phenoxy) is 1. The van der Waals surface area contributed by atoms with Gasteiger partial charge in [0, 0.05) is 11.8 Å². The average Bonchev–Trinajstić information content (AvgIpc) is 2.93. The number of amides is 1. The van der Waals surface area contributed by atoms with E-state index in [0.717, 1.165) is 0 Å². The van der Waals surface area contributed by atoms with E-state index in [1.54, 1.807) is 39.1 Å². The highest BCUT2D eigenvalue weighted by molar-refractivity contribution is 6.45. The van der Waals surface area contributed by atoms with Crippen LogP contribution in [0.5, 0.6) is 0 Å². The van der Waals surface area contributed by atoms with Crippen LogP contribution in [0.1, 0.15) is 26.3 Å². The van der Waals surface area contributed by atoms with Gasteiger partial charge in [0.25, 0.3) is 0 Å². The zero-order valence-electron chi connectivity index (χ0n) is 14.8.